The fraction of sp³-hybridized carbons (Fsp3) is 0.333. The number of thiophene rings is 1. The molecule has 0 radical (unpaired) electrons. The second-order valence-corrected chi connectivity index (χ2v) is 5.06. The van der Waals surface area contributed by atoms with Crippen molar-refractivity contribution in [1.82, 2.24) is 5.32 Å². The highest BCUT2D eigenvalue weighted by molar-refractivity contribution is 7.07. The van der Waals surface area contributed by atoms with Crippen LogP contribution >= 0.6 is 11.3 Å². The normalized spacial score (nSPS) is 12.3. The molecule has 1 unspecified atom stereocenters. The van der Waals surface area contributed by atoms with E-state index in [0.717, 1.165) is 18.6 Å². The minimum atomic E-state index is 0.394. The smallest absolute Gasteiger partial charge is 0.119 e. The van der Waals surface area contributed by atoms with Crippen molar-refractivity contribution in [3.05, 3.63) is 52.7 Å². The Balaban J connectivity index is 1.75. The van der Waals surface area contributed by atoms with Gasteiger partial charge in [-0.3, -0.25) is 0 Å². The van der Waals surface area contributed by atoms with Gasteiger partial charge in [0, 0.05) is 6.04 Å². The number of nitrogens with one attached hydrogen (secondary N) is 1. The Kier molecular flexibility index (Phi) is 5.24. The molecule has 2 aromatic rings. The van der Waals surface area contributed by atoms with Crippen LogP contribution in [0.15, 0.2) is 47.2 Å². The van der Waals surface area contributed by atoms with Crippen molar-refractivity contribution in [1.29, 1.82) is 0 Å². The number of likely N-dealkylation sites (N-methyl/N-ethyl adjacent to an activating group) is 1. The van der Waals surface area contributed by atoms with Gasteiger partial charge in [0.2, 0.25) is 0 Å². The van der Waals surface area contributed by atoms with Crippen LogP contribution in [0.1, 0.15) is 12.0 Å². The molecule has 0 aliphatic heterocycles. The maximum Gasteiger partial charge on any atom is 0.119 e. The van der Waals surface area contributed by atoms with Crippen molar-refractivity contribution in [2.24, 2.45) is 0 Å². The van der Waals surface area contributed by atoms with E-state index in [1.165, 1.54) is 5.56 Å². The number of rotatable bonds is 7. The van der Waals surface area contributed by atoms with Gasteiger partial charge < -0.3 is 10.1 Å². The van der Waals surface area contributed by atoms with E-state index in [2.05, 4.69) is 22.1 Å². The molecule has 1 aromatic heterocycles. The second-order valence-electron chi connectivity index (χ2n) is 4.28. The molecule has 0 fully saturated rings. The zero-order valence-electron chi connectivity index (χ0n) is 10.6. The first-order valence-corrected chi connectivity index (χ1v) is 7.19. The summed E-state index contributed by atoms with van der Waals surface area (Å²) in [5.41, 5.74) is 1.42. The Hall–Kier alpha value is -1.32. The monoisotopic (exact) mass is 261 g/mol. The largest absolute Gasteiger partial charge is 0.492 e. The molecule has 0 saturated carbocycles. The van der Waals surface area contributed by atoms with Crippen LogP contribution in [0.3, 0.4) is 0 Å². The van der Waals surface area contributed by atoms with Gasteiger partial charge in [-0.15, -0.1) is 0 Å². The van der Waals surface area contributed by atoms with Crippen molar-refractivity contribution in [2.75, 3.05) is 13.7 Å². The quantitative estimate of drug-likeness (QED) is 0.825. The Morgan fingerprint density at radius 2 is 2.06 bits per heavy atom. The van der Waals surface area contributed by atoms with Gasteiger partial charge in [-0.05, 0) is 54.4 Å². The molecule has 2 nitrogen and oxygen atoms in total. The molecule has 0 spiro atoms. The van der Waals surface area contributed by atoms with E-state index >= 15 is 0 Å². The molecular weight excluding hydrogens is 242 g/mol. The molecule has 0 aliphatic carbocycles. The number of benzene rings is 1. The first-order valence-electron chi connectivity index (χ1n) is 6.24. The van der Waals surface area contributed by atoms with Gasteiger partial charge in [-0.1, -0.05) is 18.2 Å². The molecule has 1 atom stereocenters. The zero-order valence-corrected chi connectivity index (χ0v) is 11.5. The van der Waals surface area contributed by atoms with Gasteiger partial charge >= 0.3 is 0 Å². The maximum atomic E-state index is 5.77. The number of hydrogen-bond donors (Lipinski definition) is 1. The minimum Gasteiger partial charge on any atom is -0.492 e. The summed E-state index contributed by atoms with van der Waals surface area (Å²) in [7, 11) is 1.99. The highest BCUT2D eigenvalue weighted by Gasteiger charge is 2.07. The zero-order chi connectivity index (χ0) is 12.6. The number of para-hydroxylation sites is 1. The molecule has 3 heteroatoms. The number of ether oxygens (including phenoxy) is 1. The fourth-order valence-electron chi connectivity index (χ4n) is 1.80. The Morgan fingerprint density at radius 3 is 2.72 bits per heavy atom. The van der Waals surface area contributed by atoms with Gasteiger partial charge in [-0.25, -0.2) is 0 Å². The van der Waals surface area contributed by atoms with Crippen molar-refractivity contribution in [2.45, 2.75) is 18.9 Å². The third-order valence-electron chi connectivity index (χ3n) is 2.96. The first kappa shape index (κ1) is 13.1. The summed E-state index contributed by atoms with van der Waals surface area (Å²) >= 11 is 1.76. The molecule has 0 bridgehead atoms. The van der Waals surface area contributed by atoms with Crippen LogP contribution in [0.2, 0.25) is 0 Å². The summed E-state index contributed by atoms with van der Waals surface area (Å²) < 4.78 is 5.77. The average molecular weight is 261 g/mol. The van der Waals surface area contributed by atoms with Crippen molar-refractivity contribution in [3.8, 4) is 5.75 Å². The summed E-state index contributed by atoms with van der Waals surface area (Å²) in [6, 6.07) is 12.6. The second kappa shape index (κ2) is 7.19. The van der Waals surface area contributed by atoms with Crippen LogP contribution in [0.5, 0.6) is 5.75 Å². The molecule has 18 heavy (non-hydrogen) atoms. The van der Waals surface area contributed by atoms with Crippen LogP contribution in [0.25, 0.3) is 0 Å². The molecule has 1 aromatic carbocycles. The minimum absolute atomic E-state index is 0.394. The molecule has 2 rings (SSSR count). The highest BCUT2D eigenvalue weighted by atomic mass is 32.1. The van der Waals surface area contributed by atoms with Gasteiger partial charge in [0.25, 0.3) is 0 Å². The lowest BCUT2D eigenvalue weighted by molar-refractivity contribution is 0.263. The molecule has 0 saturated heterocycles. The lowest BCUT2D eigenvalue weighted by Gasteiger charge is -2.16. The van der Waals surface area contributed by atoms with E-state index in [1.54, 1.807) is 11.3 Å². The molecule has 1 heterocycles. The summed E-state index contributed by atoms with van der Waals surface area (Å²) in [5, 5.41) is 7.66. The molecule has 1 N–H and O–H groups in total. The molecule has 96 valence electrons. The van der Waals surface area contributed by atoms with Gasteiger partial charge in [0.15, 0.2) is 0 Å². The van der Waals surface area contributed by atoms with E-state index < -0.39 is 0 Å². The van der Waals surface area contributed by atoms with Gasteiger partial charge in [0.05, 0.1) is 0 Å². The van der Waals surface area contributed by atoms with Crippen molar-refractivity contribution >= 4 is 11.3 Å². The molecule has 0 aliphatic rings. The predicted molar refractivity (Wildman–Crippen MR) is 77.4 cm³/mol. The fourth-order valence-corrected chi connectivity index (χ4v) is 2.50. The topological polar surface area (TPSA) is 21.3 Å². The van der Waals surface area contributed by atoms with E-state index in [1.807, 2.05) is 37.4 Å². The number of aryl methyl sites for hydroxylation is 1. The molecular formula is C15H19NOS. The Labute approximate surface area is 113 Å². The van der Waals surface area contributed by atoms with Crippen LogP contribution in [0.4, 0.5) is 0 Å². The van der Waals surface area contributed by atoms with Crippen molar-refractivity contribution in [3.63, 3.8) is 0 Å². The third-order valence-corrected chi connectivity index (χ3v) is 3.70. The van der Waals surface area contributed by atoms with Crippen molar-refractivity contribution < 1.29 is 4.74 Å². The summed E-state index contributed by atoms with van der Waals surface area (Å²) in [4.78, 5) is 0. The summed E-state index contributed by atoms with van der Waals surface area (Å²) in [6.45, 7) is 0.713. The maximum absolute atomic E-state index is 5.77. The average Bonchev–Trinajstić information content (AvgIpc) is 2.93. The van der Waals surface area contributed by atoms with E-state index in [-0.39, 0.29) is 0 Å². The SMILES string of the molecule is CNC(CCc1ccsc1)COc1ccccc1. The van der Waals surface area contributed by atoms with Gasteiger partial charge in [-0.2, -0.15) is 11.3 Å². The standard InChI is InChI=1S/C15H19NOS/c1-16-14(8-7-13-9-10-18-12-13)11-17-15-5-3-2-4-6-15/h2-6,9-10,12,14,16H,7-8,11H2,1H3. The van der Waals surface area contributed by atoms with Gasteiger partial charge in [0.1, 0.15) is 12.4 Å². The number of hydrogen-bond acceptors (Lipinski definition) is 3. The Bertz CT molecular complexity index is 427. The Morgan fingerprint density at radius 1 is 1.22 bits per heavy atom. The third kappa shape index (κ3) is 4.17. The van der Waals surface area contributed by atoms with E-state index in [4.69, 9.17) is 4.74 Å². The summed E-state index contributed by atoms with van der Waals surface area (Å²) in [5.74, 6) is 0.938. The molecule has 0 amide bonds. The first-order chi connectivity index (χ1) is 8.88. The van der Waals surface area contributed by atoms with Crippen LogP contribution in [-0.2, 0) is 6.42 Å². The lowest BCUT2D eigenvalue weighted by atomic mass is 10.1. The van der Waals surface area contributed by atoms with Crippen LogP contribution < -0.4 is 10.1 Å². The van der Waals surface area contributed by atoms with E-state index in [9.17, 15) is 0 Å². The summed E-state index contributed by atoms with van der Waals surface area (Å²) in [6.07, 6.45) is 2.20. The highest BCUT2D eigenvalue weighted by Crippen LogP contribution is 2.12. The van der Waals surface area contributed by atoms with Crippen LogP contribution in [0, 0.1) is 0 Å². The van der Waals surface area contributed by atoms with E-state index in [0.29, 0.717) is 12.6 Å². The predicted octanol–water partition coefficient (Wildman–Crippen LogP) is 3.35. The lowest BCUT2D eigenvalue weighted by Crippen LogP contribution is -2.32. The van der Waals surface area contributed by atoms with Crippen LogP contribution in [-0.4, -0.2) is 19.7 Å².